The number of nitrogens with zero attached hydrogens (tertiary/aromatic N) is 2. The highest BCUT2D eigenvalue weighted by Crippen LogP contribution is 2.41. The summed E-state index contributed by atoms with van der Waals surface area (Å²) in [6, 6.07) is 9.11. The summed E-state index contributed by atoms with van der Waals surface area (Å²) in [6.45, 7) is 2.00. The third-order valence-corrected chi connectivity index (χ3v) is 6.89. The topological polar surface area (TPSA) is 48.4 Å². The molecule has 2 aromatic rings. The minimum atomic E-state index is 0.207. The van der Waals surface area contributed by atoms with Gasteiger partial charge in [-0.3, -0.25) is 0 Å². The van der Waals surface area contributed by atoms with Crippen LogP contribution in [0.1, 0.15) is 23.3 Å². The van der Waals surface area contributed by atoms with Gasteiger partial charge in [0.2, 0.25) is 5.88 Å². The Hall–Kier alpha value is -2.01. The fraction of sp³-hybridized carbons (Fsp3) is 0.450. The first-order valence-corrected chi connectivity index (χ1v) is 10.0. The molecule has 5 heteroatoms. The molecule has 2 N–H and O–H groups in total. The van der Waals surface area contributed by atoms with Crippen LogP contribution in [0.4, 0.5) is 10.8 Å². The van der Waals surface area contributed by atoms with Crippen LogP contribution in [0.2, 0.25) is 0 Å². The summed E-state index contributed by atoms with van der Waals surface area (Å²) >= 11 is 1.62. The second kappa shape index (κ2) is 6.06. The fourth-order valence-electron chi connectivity index (χ4n) is 4.55. The van der Waals surface area contributed by atoms with Crippen LogP contribution in [0.3, 0.4) is 0 Å². The zero-order valence-electron chi connectivity index (χ0n) is 14.2. The van der Waals surface area contributed by atoms with Gasteiger partial charge in [-0.05, 0) is 42.7 Å². The van der Waals surface area contributed by atoms with E-state index < -0.39 is 0 Å². The number of aromatic nitrogens is 1. The molecule has 3 atom stereocenters. The van der Waals surface area contributed by atoms with Crippen LogP contribution in [0.15, 0.2) is 36.4 Å². The van der Waals surface area contributed by atoms with Gasteiger partial charge in [-0.15, -0.1) is 0 Å². The van der Waals surface area contributed by atoms with E-state index in [1.807, 2.05) is 0 Å². The first kappa shape index (κ1) is 15.3. The van der Waals surface area contributed by atoms with Crippen molar-refractivity contribution in [1.29, 1.82) is 0 Å². The molecule has 2 bridgehead atoms. The second-order valence-electron chi connectivity index (χ2n) is 7.41. The molecule has 1 fully saturated rings. The van der Waals surface area contributed by atoms with Crippen molar-refractivity contribution in [1.82, 2.24) is 4.98 Å². The van der Waals surface area contributed by atoms with E-state index in [4.69, 9.17) is 0 Å². The zero-order chi connectivity index (χ0) is 16.8. The summed E-state index contributed by atoms with van der Waals surface area (Å²) in [5, 5.41) is 14.7. The average molecular weight is 353 g/mol. The van der Waals surface area contributed by atoms with Crippen LogP contribution < -0.4 is 10.2 Å². The average Bonchev–Trinajstić information content (AvgIpc) is 3.37. The van der Waals surface area contributed by atoms with E-state index in [2.05, 4.69) is 51.6 Å². The minimum absolute atomic E-state index is 0.207. The van der Waals surface area contributed by atoms with E-state index in [0.717, 1.165) is 41.9 Å². The van der Waals surface area contributed by atoms with Crippen LogP contribution in [0, 0.1) is 11.8 Å². The molecule has 5 rings (SSSR count). The van der Waals surface area contributed by atoms with Gasteiger partial charge >= 0.3 is 0 Å². The lowest BCUT2D eigenvalue weighted by atomic mass is 10.0. The van der Waals surface area contributed by atoms with E-state index >= 15 is 0 Å². The number of hydrogen-bond donors (Lipinski definition) is 2. The van der Waals surface area contributed by atoms with Crippen molar-refractivity contribution in [2.45, 2.75) is 31.7 Å². The molecule has 1 aliphatic heterocycles. The van der Waals surface area contributed by atoms with Crippen molar-refractivity contribution >= 4 is 22.2 Å². The fourth-order valence-corrected chi connectivity index (χ4v) is 5.45. The second-order valence-corrected chi connectivity index (χ2v) is 8.50. The number of para-hydroxylation sites is 1. The normalized spacial score (nSPS) is 26.4. The maximum Gasteiger partial charge on any atom is 0.227 e. The lowest BCUT2D eigenvalue weighted by Gasteiger charge is -2.19. The van der Waals surface area contributed by atoms with Crippen molar-refractivity contribution in [2.75, 3.05) is 23.3 Å². The van der Waals surface area contributed by atoms with Gasteiger partial charge in [0.05, 0.1) is 4.88 Å². The molecule has 1 aromatic carbocycles. The molecule has 2 aliphatic carbocycles. The summed E-state index contributed by atoms with van der Waals surface area (Å²) < 4.78 is 0. The number of thiazole rings is 1. The van der Waals surface area contributed by atoms with E-state index in [1.165, 1.54) is 24.1 Å². The number of anilines is 2. The van der Waals surface area contributed by atoms with Crippen LogP contribution in [-0.2, 0) is 12.8 Å². The van der Waals surface area contributed by atoms with Crippen LogP contribution >= 0.6 is 11.3 Å². The van der Waals surface area contributed by atoms with Crippen molar-refractivity contribution in [3.05, 3.63) is 46.9 Å². The number of aromatic hydroxyl groups is 1. The number of hydrogen-bond acceptors (Lipinski definition) is 5. The van der Waals surface area contributed by atoms with Gasteiger partial charge in [0.15, 0.2) is 5.13 Å². The molecule has 130 valence electrons. The molecule has 0 amide bonds. The molecule has 0 saturated heterocycles. The van der Waals surface area contributed by atoms with Gasteiger partial charge in [-0.2, -0.15) is 4.98 Å². The molecule has 0 spiro atoms. The van der Waals surface area contributed by atoms with Crippen molar-refractivity contribution in [2.24, 2.45) is 11.8 Å². The van der Waals surface area contributed by atoms with Gasteiger partial charge in [-0.25, -0.2) is 0 Å². The first-order chi connectivity index (χ1) is 12.3. The summed E-state index contributed by atoms with van der Waals surface area (Å²) in [4.78, 5) is 7.78. The Bertz CT molecular complexity index is 815. The Kier molecular flexibility index (Phi) is 3.70. The number of benzene rings is 1. The van der Waals surface area contributed by atoms with E-state index in [-0.39, 0.29) is 5.88 Å². The number of allylic oxidation sites excluding steroid dienone is 1. The van der Waals surface area contributed by atoms with Gasteiger partial charge in [0, 0.05) is 31.2 Å². The Balaban J connectivity index is 1.23. The van der Waals surface area contributed by atoms with Crippen LogP contribution in [0.25, 0.3) is 0 Å². The summed E-state index contributed by atoms with van der Waals surface area (Å²) in [6.07, 6.45) is 9.12. The highest BCUT2D eigenvalue weighted by Gasteiger charge is 2.36. The lowest BCUT2D eigenvalue weighted by Crippen LogP contribution is -2.23. The molecular weight excluding hydrogens is 330 g/mol. The Labute approximate surface area is 152 Å². The van der Waals surface area contributed by atoms with Gasteiger partial charge in [0.1, 0.15) is 0 Å². The molecule has 4 nitrogen and oxygen atoms in total. The van der Waals surface area contributed by atoms with E-state index in [0.29, 0.717) is 12.0 Å². The molecular formula is C20H23N3OS. The standard InChI is InChI=1S/C20H23N3OS/c24-19-18(8-10-23-9-7-14-3-1-2-4-17(14)23)25-20(22-19)21-16-12-13-5-6-15(16)11-13/h1-6,13,15-16,24H,7-12H2,(H,21,22). The third kappa shape index (κ3) is 2.80. The highest BCUT2D eigenvalue weighted by atomic mass is 32.1. The lowest BCUT2D eigenvalue weighted by molar-refractivity contribution is 0.451. The van der Waals surface area contributed by atoms with Crippen molar-refractivity contribution in [3.8, 4) is 5.88 Å². The van der Waals surface area contributed by atoms with Gasteiger partial charge in [-0.1, -0.05) is 41.7 Å². The predicted molar refractivity (Wildman–Crippen MR) is 103 cm³/mol. The van der Waals surface area contributed by atoms with Crippen molar-refractivity contribution < 1.29 is 5.11 Å². The molecule has 1 aromatic heterocycles. The number of rotatable bonds is 5. The van der Waals surface area contributed by atoms with Crippen LogP contribution in [0.5, 0.6) is 5.88 Å². The monoisotopic (exact) mass is 353 g/mol. The van der Waals surface area contributed by atoms with Gasteiger partial charge in [0.25, 0.3) is 0 Å². The third-order valence-electron chi connectivity index (χ3n) is 5.86. The summed E-state index contributed by atoms with van der Waals surface area (Å²) in [7, 11) is 0. The molecule has 3 aliphatic rings. The Morgan fingerprint density at radius 1 is 1.24 bits per heavy atom. The maximum absolute atomic E-state index is 10.2. The smallest absolute Gasteiger partial charge is 0.227 e. The number of fused-ring (bicyclic) bond motifs is 3. The SMILES string of the molecule is Oc1nc(NC2CC3C=CC2C3)sc1CCN1CCc2ccccc21. The van der Waals surface area contributed by atoms with Crippen molar-refractivity contribution in [3.63, 3.8) is 0 Å². The molecule has 25 heavy (non-hydrogen) atoms. The maximum atomic E-state index is 10.2. The molecule has 3 unspecified atom stereocenters. The van der Waals surface area contributed by atoms with E-state index in [1.54, 1.807) is 11.3 Å². The largest absolute Gasteiger partial charge is 0.492 e. The Morgan fingerprint density at radius 3 is 3.00 bits per heavy atom. The summed E-state index contributed by atoms with van der Waals surface area (Å²) in [5.41, 5.74) is 2.78. The minimum Gasteiger partial charge on any atom is -0.492 e. The molecule has 2 heterocycles. The summed E-state index contributed by atoms with van der Waals surface area (Å²) in [5.74, 6) is 1.59. The van der Waals surface area contributed by atoms with Crippen LogP contribution in [-0.4, -0.2) is 29.2 Å². The predicted octanol–water partition coefficient (Wildman–Crippen LogP) is 3.83. The quantitative estimate of drug-likeness (QED) is 0.802. The molecule has 1 saturated carbocycles. The van der Waals surface area contributed by atoms with E-state index in [9.17, 15) is 5.11 Å². The zero-order valence-corrected chi connectivity index (χ0v) is 15.0. The Morgan fingerprint density at radius 2 is 2.16 bits per heavy atom. The first-order valence-electron chi connectivity index (χ1n) is 9.22. The van der Waals surface area contributed by atoms with Gasteiger partial charge < -0.3 is 15.3 Å². The highest BCUT2D eigenvalue weighted by molar-refractivity contribution is 7.15. The molecule has 0 radical (unpaired) electrons. The number of nitrogens with one attached hydrogen (secondary N) is 1.